The first-order valence-electron chi connectivity index (χ1n) is 7.08. The average molecular weight is 344 g/mol. The lowest BCUT2D eigenvalue weighted by Gasteiger charge is -2.11. The Bertz CT molecular complexity index is 886. The summed E-state index contributed by atoms with van der Waals surface area (Å²) in [5.41, 5.74) is 6.10. The SMILES string of the molecule is Cn1cc(Cl)cc1C(=O)NNC(=O)c1ccccc1-n1cccn1. The summed E-state index contributed by atoms with van der Waals surface area (Å²) in [6, 6.07) is 10.2. The zero-order valence-electron chi connectivity index (χ0n) is 12.7. The number of hydrazine groups is 1. The van der Waals surface area contributed by atoms with E-state index < -0.39 is 11.8 Å². The fourth-order valence-electron chi connectivity index (χ4n) is 2.27. The molecule has 0 saturated heterocycles. The molecule has 3 aromatic rings. The quantitative estimate of drug-likeness (QED) is 0.713. The van der Waals surface area contributed by atoms with Gasteiger partial charge in [-0.1, -0.05) is 23.7 Å². The number of nitrogens with one attached hydrogen (secondary N) is 2. The number of hydrogen-bond donors (Lipinski definition) is 2. The van der Waals surface area contributed by atoms with Gasteiger partial charge < -0.3 is 4.57 Å². The van der Waals surface area contributed by atoms with Crippen LogP contribution in [-0.2, 0) is 7.05 Å². The normalized spacial score (nSPS) is 10.4. The van der Waals surface area contributed by atoms with E-state index >= 15 is 0 Å². The van der Waals surface area contributed by atoms with Crippen molar-refractivity contribution in [3.8, 4) is 5.69 Å². The molecule has 0 saturated carbocycles. The highest BCUT2D eigenvalue weighted by Gasteiger charge is 2.15. The zero-order valence-corrected chi connectivity index (χ0v) is 13.5. The van der Waals surface area contributed by atoms with Crippen molar-refractivity contribution in [2.45, 2.75) is 0 Å². The molecule has 2 N–H and O–H groups in total. The number of nitrogens with zero attached hydrogens (tertiary/aromatic N) is 3. The lowest BCUT2D eigenvalue weighted by Crippen LogP contribution is -2.42. The van der Waals surface area contributed by atoms with Crippen LogP contribution in [0.15, 0.2) is 55.0 Å². The molecule has 0 atom stereocenters. The first kappa shape index (κ1) is 15.8. The maximum Gasteiger partial charge on any atom is 0.286 e. The second-order valence-corrected chi connectivity index (χ2v) is 5.47. The molecular formula is C16H14ClN5O2. The number of benzene rings is 1. The highest BCUT2D eigenvalue weighted by Crippen LogP contribution is 2.14. The maximum absolute atomic E-state index is 12.4. The molecule has 3 rings (SSSR count). The molecule has 24 heavy (non-hydrogen) atoms. The Morgan fingerprint density at radius 3 is 2.54 bits per heavy atom. The van der Waals surface area contributed by atoms with Crippen LogP contribution in [0.5, 0.6) is 0 Å². The summed E-state index contributed by atoms with van der Waals surface area (Å²) >= 11 is 5.85. The van der Waals surface area contributed by atoms with Gasteiger partial charge >= 0.3 is 0 Å². The van der Waals surface area contributed by atoms with E-state index in [1.54, 1.807) is 65.2 Å². The second kappa shape index (κ2) is 6.59. The third-order valence-corrected chi connectivity index (χ3v) is 3.60. The van der Waals surface area contributed by atoms with Crippen molar-refractivity contribution in [1.29, 1.82) is 0 Å². The highest BCUT2D eigenvalue weighted by molar-refractivity contribution is 6.31. The van der Waals surface area contributed by atoms with E-state index in [4.69, 9.17) is 11.6 Å². The number of hydrogen-bond acceptors (Lipinski definition) is 3. The molecular weight excluding hydrogens is 330 g/mol. The molecule has 0 bridgehead atoms. The molecule has 0 fully saturated rings. The monoisotopic (exact) mass is 343 g/mol. The van der Waals surface area contributed by atoms with Crippen LogP contribution in [0.3, 0.4) is 0 Å². The number of halogens is 1. The van der Waals surface area contributed by atoms with Crippen LogP contribution in [0.1, 0.15) is 20.8 Å². The zero-order chi connectivity index (χ0) is 17.1. The fourth-order valence-corrected chi connectivity index (χ4v) is 2.52. The van der Waals surface area contributed by atoms with Crippen molar-refractivity contribution in [2.24, 2.45) is 7.05 Å². The summed E-state index contributed by atoms with van der Waals surface area (Å²) in [5.74, 6) is -0.913. The Kier molecular flexibility index (Phi) is 4.35. The summed E-state index contributed by atoms with van der Waals surface area (Å²) in [4.78, 5) is 24.5. The van der Waals surface area contributed by atoms with Crippen molar-refractivity contribution in [3.05, 3.63) is 71.3 Å². The predicted molar refractivity (Wildman–Crippen MR) is 88.9 cm³/mol. The highest BCUT2D eigenvalue weighted by atomic mass is 35.5. The number of aryl methyl sites for hydroxylation is 1. The minimum atomic E-state index is -0.464. The first-order chi connectivity index (χ1) is 11.6. The predicted octanol–water partition coefficient (Wildman–Crippen LogP) is 1.94. The summed E-state index contributed by atoms with van der Waals surface area (Å²) in [5, 5.41) is 4.56. The lowest BCUT2D eigenvalue weighted by atomic mass is 10.1. The molecule has 1 aromatic carbocycles. The molecule has 2 amide bonds. The van der Waals surface area contributed by atoms with Crippen molar-refractivity contribution >= 4 is 23.4 Å². The molecule has 0 aliphatic heterocycles. The van der Waals surface area contributed by atoms with Crippen molar-refractivity contribution < 1.29 is 9.59 Å². The van der Waals surface area contributed by atoms with Gasteiger partial charge in [-0.2, -0.15) is 5.10 Å². The van der Waals surface area contributed by atoms with Crippen molar-refractivity contribution in [1.82, 2.24) is 25.2 Å². The molecule has 2 heterocycles. The standard InChI is InChI=1S/C16H14ClN5O2/c1-21-10-11(17)9-14(21)16(24)20-19-15(23)12-5-2-3-6-13(12)22-8-4-7-18-22/h2-10H,1H3,(H,19,23)(H,20,24). The van der Waals surface area contributed by atoms with Crippen LogP contribution in [-0.4, -0.2) is 26.2 Å². The van der Waals surface area contributed by atoms with E-state index in [1.165, 1.54) is 6.07 Å². The van der Waals surface area contributed by atoms with Crippen LogP contribution >= 0.6 is 11.6 Å². The Balaban J connectivity index is 1.74. The smallest absolute Gasteiger partial charge is 0.286 e. The molecule has 0 spiro atoms. The molecule has 7 nitrogen and oxygen atoms in total. The Hall–Kier alpha value is -3.06. The molecule has 122 valence electrons. The minimum absolute atomic E-state index is 0.334. The molecule has 8 heteroatoms. The Morgan fingerprint density at radius 2 is 1.88 bits per heavy atom. The summed E-state index contributed by atoms with van der Waals surface area (Å²) < 4.78 is 3.15. The molecule has 0 radical (unpaired) electrons. The minimum Gasteiger partial charge on any atom is -0.345 e. The van der Waals surface area contributed by atoms with Gasteiger partial charge in [0.2, 0.25) is 0 Å². The van der Waals surface area contributed by atoms with Gasteiger partial charge in [-0.05, 0) is 24.3 Å². The van der Waals surface area contributed by atoms with Gasteiger partial charge in [0.1, 0.15) is 5.69 Å². The van der Waals surface area contributed by atoms with Gasteiger partial charge in [0.05, 0.1) is 16.3 Å². The first-order valence-corrected chi connectivity index (χ1v) is 7.45. The van der Waals surface area contributed by atoms with Crippen molar-refractivity contribution in [2.75, 3.05) is 0 Å². The van der Waals surface area contributed by atoms with Crippen molar-refractivity contribution in [3.63, 3.8) is 0 Å². The summed E-state index contributed by atoms with van der Waals surface area (Å²) in [6.45, 7) is 0. The number of carbonyl (C=O) groups excluding carboxylic acids is 2. The topological polar surface area (TPSA) is 81.0 Å². The summed E-state index contributed by atoms with van der Waals surface area (Å²) in [6.07, 6.45) is 4.96. The van der Waals surface area contributed by atoms with Crippen LogP contribution in [0, 0.1) is 0 Å². The van der Waals surface area contributed by atoms with Gasteiger partial charge in [-0.15, -0.1) is 0 Å². The number of aromatic nitrogens is 3. The van der Waals surface area contributed by atoms with E-state index in [0.29, 0.717) is 22.0 Å². The number of para-hydroxylation sites is 1. The van der Waals surface area contributed by atoms with E-state index in [0.717, 1.165) is 0 Å². The van der Waals surface area contributed by atoms with Gasteiger partial charge in [-0.3, -0.25) is 20.4 Å². The van der Waals surface area contributed by atoms with E-state index in [2.05, 4.69) is 16.0 Å². The summed E-state index contributed by atoms with van der Waals surface area (Å²) in [7, 11) is 1.69. The van der Waals surface area contributed by atoms with Gasteiger partial charge in [-0.25, -0.2) is 4.68 Å². The molecule has 0 aliphatic carbocycles. The average Bonchev–Trinajstić information content (AvgIpc) is 3.22. The van der Waals surface area contributed by atoms with Crippen LogP contribution in [0.25, 0.3) is 5.69 Å². The third-order valence-electron chi connectivity index (χ3n) is 3.39. The van der Waals surface area contributed by atoms with Gasteiger partial charge in [0.15, 0.2) is 0 Å². The Labute approximate surface area is 142 Å². The van der Waals surface area contributed by atoms with E-state index in [-0.39, 0.29) is 0 Å². The van der Waals surface area contributed by atoms with Crippen LogP contribution in [0.2, 0.25) is 5.02 Å². The lowest BCUT2D eigenvalue weighted by molar-refractivity contribution is 0.0842. The Morgan fingerprint density at radius 1 is 1.12 bits per heavy atom. The van der Waals surface area contributed by atoms with E-state index in [1.807, 2.05) is 0 Å². The maximum atomic E-state index is 12.4. The number of rotatable bonds is 3. The third kappa shape index (κ3) is 3.16. The van der Waals surface area contributed by atoms with Crippen LogP contribution in [0.4, 0.5) is 0 Å². The molecule has 0 unspecified atom stereocenters. The number of carbonyl (C=O) groups is 2. The van der Waals surface area contributed by atoms with E-state index in [9.17, 15) is 9.59 Å². The largest absolute Gasteiger partial charge is 0.345 e. The fraction of sp³-hybridized carbons (Fsp3) is 0.0625. The van der Waals surface area contributed by atoms with Gasteiger partial charge in [0, 0.05) is 25.6 Å². The second-order valence-electron chi connectivity index (χ2n) is 5.03. The molecule has 0 aliphatic rings. The van der Waals surface area contributed by atoms with Crippen LogP contribution < -0.4 is 10.9 Å². The molecule has 2 aromatic heterocycles. The number of amides is 2. The van der Waals surface area contributed by atoms with Gasteiger partial charge in [0.25, 0.3) is 11.8 Å².